The topological polar surface area (TPSA) is 3.24 Å². The van der Waals surface area contributed by atoms with Crippen LogP contribution >= 0.6 is 0 Å². The molecule has 2 atom stereocenters. The van der Waals surface area contributed by atoms with Gasteiger partial charge in [0.2, 0.25) is 0 Å². The molecule has 0 radical (unpaired) electrons. The van der Waals surface area contributed by atoms with Crippen LogP contribution in [0.3, 0.4) is 0 Å². The number of fused-ring (bicyclic) bond motifs is 2. The average Bonchev–Trinajstić information content (AvgIpc) is 2.37. The first kappa shape index (κ1) is 14.0. The molecule has 110 valence electrons. The molecule has 1 nitrogen and oxygen atoms in total. The largest absolute Gasteiger partial charge is 0.378 e. The van der Waals surface area contributed by atoms with Crippen LogP contribution in [-0.2, 0) is 5.41 Å². The summed E-state index contributed by atoms with van der Waals surface area (Å²) in [6, 6.07) is 9.32. The fraction of sp³-hybridized carbons (Fsp3) is 0.684. The fourth-order valence-corrected chi connectivity index (χ4v) is 4.99. The van der Waals surface area contributed by atoms with E-state index in [0.29, 0.717) is 5.41 Å². The monoisotopic (exact) mass is 271 g/mol. The van der Waals surface area contributed by atoms with E-state index in [-0.39, 0.29) is 0 Å². The van der Waals surface area contributed by atoms with Gasteiger partial charge in [0.25, 0.3) is 0 Å². The van der Waals surface area contributed by atoms with Crippen molar-refractivity contribution in [3.05, 3.63) is 29.8 Å². The lowest BCUT2D eigenvalue weighted by molar-refractivity contribution is 0.0899. The van der Waals surface area contributed by atoms with E-state index in [1.54, 1.807) is 5.56 Å². The summed E-state index contributed by atoms with van der Waals surface area (Å²) >= 11 is 0. The molecule has 2 bridgehead atoms. The Morgan fingerprint density at radius 1 is 0.950 bits per heavy atom. The Morgan fingerprint density at radius 3 is 2.00 bits per heavy atom. The zero-order valence-corrected chi connectivity index (χ0v) is 13.5. The highest BCUT2D eigenvalue weighted by Gasteiger charge is 2.41. The summed E-state index contributed by atoms with van der Waals surface area (Å²) in [6.45, 7) is 4.96. The van der Waals surface area contributed by atoms with Gasteiger partial charge in [-0.05, 0) is 73.0 Å². The second-order valence-corrected chi connectivity index (χ2v) is 7.95. The molecule has 1 aromatic carbocycles. The van der Waals surface area contributed by atoms with Gasteiger partial charge in [0, 0.05) is 19.8 Å². The molecule has 0 saturated heterocycles. The van der Waals surface area contributed by atoms with Crippen LogP contribution in [0.1, 0.15) is 51.5 Å². The van der Waals surface area contributed by atoms with Crippen molar-refractivity contribution in [2.45, 2.75) is 51.4 Å². The molecule has 2 fully saturated rings. The molecule has 1 aromatic rings. The molecule has 1 heteroatoms. The third-order valence-electron chi connectivity index (χ3n) is 5.70. The molecule has 2 unspecified atom stereocenters. The molecule has 20 heavy (non-hydrogen) atoms. The number of hydrogen-bond acceptors (Lipinski definition) is 1. The molecule has 2 aliphatic carbocycles. The highest BCUT2D eigenvalue weighted by Crippen LogP contribution is 2.51. The van der Waals surface area contributed by atoms with E-state index in [9.17, 15) is 0 Å². The first-order valence-corrected chi connectivity index (χ1v) is 8.24. The van der Waals surface area contributed by atoms with Crippen molar-refractivity contribution in [3.8, 4) is 0 Å². The van der Waals surface area contributed by atoms with Crippen LogP contribution < -0.4 is 4.90 Å². The van der Waals surface area contributed by atoms with Gasteiger partial charge in [0.05, 0.1) is 0 Å². The van der Waals surface area contributed by atoms with Crippen molar-refractivity contribution >= 4 is 5.69 Å². The van der Waals surface area contributed by atoms with E-state index in [0.717, 1.165) is 17.8 Å². The Bertz CT molecular complexity index is 441. The predicted octanol–water partition coefficient (Wildman–Crippen LogP) is 4.86. The van der Waals surface area contributed by atoms with Crippen LogP contribution in [0.5, 0.6) is 0 Å². The molecule has 2 aliphatic rings. The first-order chi connectivity index (χ1) is 9.46. The van der Waals surface area contributed by atoms with Gasteiger partial charge in [0.15, 0.2) is 0 Å². The Kier molecular flexibility index (Phi) is 3.56. The first-order valence-electron chi connectivity index (χ1n) is 8.24. The van der Waals surface area contributed by atoms with E-state index < -0.39 is 0 Å². The fourth-order valence-electron chi connectivity index (χ4n) is 4.99. The van der Waals surface area contributed by atoms with Gasteiger partial charge in [-0.3, -0.25) is 0 Å². The highest BCUT2D eigenvalue weighted by molar-refractivity contribution is 5.47. The van der Waals surface area contributed by atoms with Gasteiger partial charge >= 0.3 is 0 Å². The van der Waals surface area contributed by atoms with Crippen molar-refractivity contribution in [1.82, 2.24) is 0 Å². The molecule has 0 aromatic heterocycles. The van der Waals surface area contributed by atoms with Crippen LogP contribution in [0.4, 0.5) is 5.69 Å². The Hall–Kier alpha value is -0.980. The van der Waals surface area contributed by atoms with Gasteiger partial charge < -0.3 is 4.90 Å². The van der Waals surface area contributed by atoms with E-state index in [1.807, 2.05) is 0 Å². The minimum atomic E-state index is 0.415. The summed E-state index contributed by atoms with van der Waals surface area (Å²) in [6.07, 6.45) is 7.21. The summed E-state index contributed by atoms with van der Waals surface area (Å²) in [5.74, 6) is 2.89. The van der Waals surface area contributed by atoms with E-state index in [1.165, 1.54) is 37.8 Å². The number of benzene rings is 1. The lowest BCUT2D eigenvalue weighted by Crippen LogP contribution is -2.38. The second-order valence-electron chi connectivity index (χ2n) is 7.95. The van der Waals surface area contributed by atoms with Crippen LogP contribution in [0.25, 0.3) is 0 Å². The molecule has 3 rings (SSSR count). The Balaban J connectivity index is 1.82. The summed E-state index contributed by atoms with van der Waals surface area (Å²) in [5, 5.41) is 0. The van der Waals surface area contributed by atoms with Crippen molar-refractivity contribution in [2.75, 3.05) is 19.0 Å². The van der Waals surface area contributed by atoms with Crippen molar-refractivity contribution in [2.24, 2.45) is 17.8 Å². The Morgan fingerprint density at radius 2 is 1.50 bits per heavy atom. The molecule has 0 heterocycles. The van der Waals surface area contributed by atoms with Crippen LogP contribution in [0.2, 0.25) is 0 Å². The Labute approximate surface area is 124 Å². The smallest absolute Gasteiger partial charge is 0.0361 e. The van der Waals surface area contributed by atoms with Crippen molar-refractivity contribution < 1.29 is 0 Å². The maximum atomic E-state index is 2.51. The zero-order chi connectivity index (χ0) is 14.3. The third kappa shape index (κ3) is 2.60. The second kappa shape index (κ2) is 5.09. The normalized spacial score (nSPS) is 36.7. The van der Waals surface area contributed by atoms with Crippen LogP contribution in [-0.4, -0.2) is 14.1 Å². The van der Waals surface area contributed by atoms with Gasteiger partial charge in [0.1, 0.15) is 0 Å². The van der Waals surface area contributed by atoms with Gasteiger partial charge in [-0.15, -0.1) is 0 Å². The lowest BCUT2D eigenvalue weighted by atomic mass is 9.57. The summed E-state index contributed by atoms with van der Waals surface area (Å²) in [7, 11) is 4.23. The van der Waals surface area contributed by atoms with Crippen LogP contribution in [0.15, 0.2) is 24.3 Å². The quantitative estimate of drug-likeness (QED) is 0.742. The molecular weight excluding hydrogens is 242 g/mol. The van der Waals surface area contributed by atoms with Gasteiger partial charge in [-0.25, -0.2) is 0 Å². The number of nitrogens with zero attached hydrogens (tertiary/aromatic N) is 1. The molecular formula is C19H29N. The molecule has 0 aliphatic heterocycles. The summed E-state index contributed by atoms with van der Waals surface area (Å²) in [5.41, 5.74) is 3.28. The molecule has 2 saturated carbocycles. The standard InChI is InChI=1S/C19H29N/c1-14-9-15-11-16(10-14)13-19(2,12-15)17-5-7-18(8-6-17)20(3)4/h5-8,14-16H,9-13H2,1-4H3. The van der Waals surface area contributed by atoms with Crippen molar-refractivity contribution in [3.63, 3.8) is 0 Å². The third-order valence-corrected chi connectivity index (χ3v) is 5.70. The minimum Gasteiger partial charge on any atom is -0.378 e. The zero-order valence-electron chi connectivity index (χ0n) is 13.5. The predicted molar refractivity (Wildman–Crippen MR) is 87.4 cm³/mol. The molecule has 0 spiro atoms. The number of rotatable bonds is 2. The number of anilines is 1. The lowest BCUT2D eigenvalue weighted by Gasteiger charge is -2.47. The van der Waals surface area contributed by atoms with Gasteiger partial charge in [-0.1, -0.05) is 26.0 Å². The highest BCUT2D eigenvalue weighted by atomic mass is 15.1. The molecule has 0 amide bonds. The van der Waals surface area contributed by atoms with Gasteiger partial charge in [-0.2, -0.15) is 0 Å². The maximum Gasteiger partial charge on any atom is 0.0361 e. The van der Waals surface area contributed by atoms with E-state index >= 15 is 0 Å². The van der Waals surface area contributed by atoms with E-state index in [2.05, 4.69) is 57.1 Å². The average molecular weight is 271 g/mol. The minimum absolute atomic E-state index is 0.415. The maximum absolute atomic E-state index is 2.51. The SMILES string of the molecule is CC1CC2CC(C1)CC(C)(c1ccc(N(C)C)cc1)C2. The van der Waals surface area contributed by atoms with E-state index in [4.69, 9.17) is 0 Å². The van der Waals surface area contributed by atoms with Crippen molar-refractivity contribution in [1.29, 1.82) is 0 Å². The summed E-state index contributed by atoms with van der Waals surface area (Å²) < 4.78 is 0. The number of hydrogen-bond donors (Lipinski definition) is 0. The molecule has 0 N–H and O–H groups in total. The summed E-state index contributed by atoms with van der Waals surface area (Å²) in [4.78, 5) is 2.18. The van der Waals surface area contributed by atoms with Crippen LogP contribution in [0, 0.1) is 17.8 Å².